The van der Waals surface area contributed by atoms with Gasteiger partial charge in [0.1, 0.15) is 23.4 Å². The number of nitrogens with zero attached hydrogens (tertiary/aromatic N) is 1. The third-order valence-corrected chi connectivity index (χ3v) is 6.43. The van der Waals surface area contributed by atoms with E-state index in [-0.39, 0.29) is 18.7 Å². The maximum atomic E-state index is 14.2. The number of phenolic OH excluding ortho intramolecular Hbond substituents is 1. The third kappa shape index (κ3) is 8.96. The molecule has 9 nitrogen and oxygen atoms in total. The molecule has 0 aromatic heterocycles. The Morgan fingerprint density at radius 3 is 2.29 bits per heavy atom. The van der Waals surface area contributed by atoms with Gasteiger partial charge in [0, 0.05) is 13.0 Å². The SMILES string of the molecule is Cc1cccc(Cl)c1NC(=O)C(c1cccc(O)c1)N(CCO)C(=O)C(Cc1ccccc1)NC(=O)OC(C)(C)C. The fraction of sp³-hybridized carbons (Fsp3) is 0.323. The molecule has 3 aromatic rings. The maximum absolute atomic E-state index is 14.2. The smallest absolute Gasteiger partial charge is 0.408 e. The third-order valence-electron chi connectivity index (χ3n) is 6.11. The van der Waals surface area contributed by atoms with Crippen LogP contribution < -0.4 is 10.6 Å². The minimum atomic E-state index is -1.30. The Kier molecular flexibility index (Phi) is 10.7. The van der Waals surface area contributed by atoms with Crippen molar-refractivity contribution in [3.8, 4) is 5.75 Å². The fourth-order valence-electron chi connectivity index (χ4n) is 4.32. The molecule has 0 heterocycles. The second-order valence-electron chi connectivity index (χ2n) is 10.6. The molecule has 0 aliphatic heterocycles. The van der Waals surface area contributed by atoms with Crippen molar-refractivity contribution in [3.05, 3.63) is 94.5 Å². The van der Waals surface area contributed by atoms with Crippen molar-refractivity contribution in [2.75, 3.05) is 18.5 Å². The molecule has 218 valence electrons. The molecule has 2 atom stereocenters. The molecule has 0 fully saturated rings. The Balaban J connectivity index is 2.06. The number of alkyl carbamates (subject to hydrolysis) is 1. The lowest BCUT2D eigenvalue weighted by molar-refractivity contribution is -0.141. The monoisotopic (exact) mass is 581 g/mol. The summed E-state index contributed by atoms with van der Waals surface area (Å²) >= 11 is 6.37. The van der Waals surface area contributed by atoms with Crippen LogP contribution in [0.25, 0.3) is 0 Å². The summed E-state index contributed by atoms with van der Waals surface area (Å²) in [6.07, 6.45) is -0.709. The van der Waals surface area contributed by atoms with E-state index >= 15 is 0 Å². The molecule has 0 spiro atoms. The molecule has 4 N–H and O–H groups in total. The van der Waals surface area contributed by atoms with E-state index in [0.717, 1.165) is 5.56 Å². The van der Waals surface area contributed by atoms with Gasteiger partial charge >= 0.3 is 6.09 Å². The van der Waals surface area contributed by atoms with Crippen LogP contribution in [0.1, 0.15) is 43.5 Å². The predicted octanol–water partition coefficient (Wildman–Crippen LogP) is 4.99. The number of aliphatic hydroxyl groups is 1. The van der Waals surface area contributed by atoms with Crippen LogP contribution in [0.4, 0.5) is 10.5 Å². The zero-order valence-corrected chi connectivity index (χ0v) is 24.3. The number of hydrogen-bond acceptors (Lipinski definition) is 6. The number of hydrogen-bond donors (Lipinski definition) is 4. The Morgan fingerprint density at radius 2 is 1.68 bits per heavy atom. The highest BCUT2D eigenvalue weighted by Gasteiger charge is 2.36. The molecular weight excluding hydrogens is 546 g/mol. The summed E-state index contributed by atoms with van der Waals surface area (Å²) in [5.41, 5.74) is 1.31. The molecule has 0 saturated heterocycles. The van der Waals surface area contributed by atoms with Crippen molar-refractivity contribution < 1.29 is 29.3 Å². The highest BCUT2D eigenvalue weighted by Crippen LogP contribution is 2.30. The van der Waals surface area contributed by atoms with Crippen LogP contribution in [0.2, 0.25) is 5.02 Å². The van der Waals surface area contributed by atoms with Gasteiger partial charge in [0.25, 0.3) is 5.91 Å². The van der Waals surface area contributed by atoms with Gasteiger partial charge in [0.05, 0.1) is 17.3 Å². The maximum Gasteiger partial charge on any atom is 0.408 e. The van der Waals surface area contributed by atoms with E-state index in [9.17, 15) is 24.6 Å². The van der Waals surface area contributed by atoms with Crippen LogP contribution in [0.3, 0.4) is 0 Å². The van der Waals surface area contributed by atoms with Crippen molar-refractivity contribution >= 4 is 35.2 Å². The number of aromatic hydroxyl groups is 1. The average molecular weight is 582 g/mol. The zero-order chi connectivity index (χ0) is 30.2. The van der Waals surface area contributed by atoms with Crippen LogP contribution in [0, 0.1) is 6.92 Å². The van der Waals surface area contributed by atoms with E-state index in [4.69, 9.17) is 16.3 Å². The molecule has 41 heavy (non-hydrogen) atoms. The summed E-state index contributed by atoms with van der Waals surface area (Å²) in [6.45, 7) is 6.19. The van der Waals surface area contributed by atoms with Crippen molar-refractivity contribution in [1.29, 1.82) is 0 Å². The molecule has 0 aliphatic carbocycles. The number of aryl methyl sites for hydroxylation is 1. The van der Waals surface area contributed by atoms with E-state index in [1.165, 1.54) is 17.0 Å². The number of carbonyl (C=O) groups is 3. The van der Waals surface area contributed by atoms with Crippen LogP contribution in [-0.4, -0.2) is 57.8 Å². The summed E-state index contributed by atoms with van der Waals surface area (Å²) in [5, 5.41) is 26.0. The van der Waals surface area contributed by atoms with Crippen molar-refractivity contribution in [1.82, 2.24) is 10.2 Å². The van der Waals surface area contributed by atoms with Gasteiger partial charge < -0.3 is 30.5 Å². The van der Waals surface area contributed by atoms with Gasteiger partial charge in [-0.15, -0.1) is 0 Å². The highest BCUT2D eigenvalue weighted by molar-refractivity contribution is 6.34. The van der Waals surface area contributed by atoms with Gasteiger partial charge in [0.2, 0.25) is 5.91 Å². The number of halogens is 1. The summed E-state index contributed by atoms with van der Waals surface area (Å²) in [4.78, 5) is 42.1. The zero-order valence-electron chi connectivity index (χ0n) is 23.6. The lowest BCUT2D eigenvalue weighted by atomic mass is 10.00. The van der Waals surface area contributed by atoms with E-state index in [2.05, 4.69) is 10.6 Å². The Morgan fingerprint density at radius 1 is 1.00 bits per heavy atom. The molecule has 2 unspecified atom stereocenters. The molecule has 10 heteroatoms. The fourth-order valence-corrected chi connectivity index (χ4v) is 4.59. The summed E-state index contributed by atoms with van der Waals surface area (Å²) in [6, 6.07) is 17.7. The first kappa shape index (κ1) is 31.4. The summed E-state index contributed by atoms with van der Waals surface area (Å²) in [5.74, 6) is -1.36. The van der Waals surface area contributed by atoms with Gasteiger partial charge in [0.15, 0.2) is 0 Å². The normalized spacial score (nSPS) is 12.6. The van der Waals surface area contributed by atoms with Gasteiger partial charge in [-0.25, -0.2) is 4.79 Å². The van der Waals surface area contributed by atoms with Gasteiger partial charge in [-0.3, -0.25) is 9.59 Å². The minimum absolute atomic E-state index is 0.0961. The number of aliphatic hydroxyl groups excluding tert-OH is 1. The standard InChI is InChI=1S/C31H36ClN3O6/c1-20-10-8-15-24(32)26(20)34-28(38)27(22-13-9-14-23(37)19-22)35(16-17-36)29(39)25(18-21-11-6-5-7-12-21)33-30(40)41-31(2,3)4/h5-15,19,25,27,36-37H,16-18H2,1-4H3,(H,33,40)(H,34,38). The van der Waals surface area contributed by atoms with E-state index in [1.807, 2.05) is 30.3 Å². The topological polar surface area (TPSA) is 128 Å². The Bertz CT molecular complexity index is 1340. The first-order valence-electron chi connectivity index (χ1n) is 13.2. The van der Waals surface area contributed by atoms with Crippen LogP contribution in [0.15, 0.2) is 72.8 Å². The molecule has 3 aromatic carbocycles. The first-order valence-corrected chi connectivity index (χ1v) is 13.6. The lowest BCUT2D eigenvalue weighted by Gasteiger charge is -2.34. The number of ether oxygens (including phenoxy) is 1. The van der Waals surface area contributed by atoms with E-state index in [1.54, 1.807) is 58.0 Å². The number of rotatable bonds is 10. The lowest BCUT2D eigenvalue weighted by Crippen LogP contribution is -2.53. The molecule has 0 aliphatic rings. The number of nitrogens with one attached hydrogen (secondary N) is 2. The highest BCUT2D eigenvalue weighted by atomic mass is 35.5. The summed E-state index contributed by atoms with van der Waals surface area (Å²) < 4.78 is 5.41. The predicted molar refractivity (Wildman–Crippen MR) is 158 cm³/mol. The average Bonchev–Trinajstić information content (AvgIpc) is 2.89. The number of benzene rings is 3. The summed E-state index contributed by atoms with van der Waals surface area (Å²) in [7, 11) is 0. The number of para-hydroxylation sites is 1. The number of amides is 3. The number of phenols is 1. The Hall–Kier alpha value is -4.08. The van der Waals surface area contributed by atoms with Crippen molar-refractivity contribution in [2.24, 2.45) is 0 Å². The Labute approximate surface area is 245 Å². The second-order valence-corrected chi connectivity index (χ2v) is 11.0. The van der Waals surface area contributed by atoms with Crippen molar-refractivity contribution in [2.45, 2.75) is 51.8 Å². The molecule has 0 radical (unpaired) electrons. The molecular formula is C31H36ClN3O6. The first-order chi connectivity index (χ1) is 19.4. The molecule has 3 amide bonds. The van der Waals surface area contributed by atoms with Gasteiger partial charge in [-0.2, -0.15) is 0 Å². The minimum Gasteiger partial charge on any atom is -0.508 e. The van der Waals surface area contributed by atoms with E-state index < -0.39 is 42.2 Å². The van der Waals surface area contributed by atoms with Crippen LogP contribution >= 0.6 is 11.6 Å². The quantitative estimate of drug-likeness (QED) is 0.267. The number of anilines is 1. The van der Waals surface area contributed by atoms with Crippen molar-refractivity contribution in [3.63, 3.8) is 0 Å². The number of carbonyl (C=O) groups excluding carboxylic acids is 3. The molecule has 3 rings (SSSR count). The van der Waals surface area contributed by atoms with Gasteiger partial charge in [-0.1, -0.05) is 66.2 Å². The van der Waals surface area contributed by atoms with Crippen LogP contribution in [-0.2, 0) is 20.7 Å². The van der Waals surface area contributed by atoms with Crippen LogP contribution in [0.5, 0.6) is 5.75 Å². The molecule has 0 bridgehead atoms. The molecule has 0 saturated carbocycles. The van der Waals surface area contributed by atoms with Gasteiger partial charge in [-0.05, 0) is 62.6 Å². The van der Waals surface area contributed by atoms with E-state index in [0.29, 0.717) is 21.8 Å². The largest absolute Gasteiger partial charge is 0.508 e. The second kappa shape index (κ2) is 14.0.